The van der Waals surface area contributed by atoms with Crippen molar-refractivity contribution in [1.29, 1.82) is 0 Å². The van der Waals surface area contributed by atoms with E-state index >= 15 is 0 Å². The van der Waals surface area contributed by atoms with E-state index in [1.807, 2.05) is 37.0 Å². The fraction of sp³-hybridized carbons (Fsp3) is 0.476. The monoisotopic (exact) mass is 430 g/mol. The Balaban J connectivity index is 1.62. The first-order chi connectivity index (χ1) is 14.0. The van der Waals surface area contributed by atoms with Crippen molar-refractivity contribution in [3.05, 3.63) is 49.0 Å². The zero-order valence-electron chi connectivity index (χ0n) is 17.0. The van der Waals surface area contributed by atoms with Crippen LogP contribution in [0.2, 0.25) is 0 Å². The Morgan fingerprint density at radius 2 is 2.17 bits per heavy atom. The minimum absolute atomic E-state index is 0.00412. The van der Waals surface area contributed by atoms with Gasteiger partial charge in [-0.05, 0) is 50.9 Å². The molecule has 1 N–H and O–H groups in total. The quantitative estimate of drug-likeness (QED) is 0.672. The number of thiophene rings is 2. The van der Waals surface area contributed by atoms with Crippen molar-refractivity contribution in [3.8, 4) is 0 Å². The Labute approximate surface area is 178 Å². The highest BCUT2D eigenvalue weighted by molar-refractivity contribution is 7.20. The summed E-state index contributed by atoms with van der Waals surface area (Å²) in [6.07, 6.45) is 4.02. The molecule has 1 unspecified atom stereocenters. The van der Waals surface area contributed by atoms with Gasteiger partial charge in [-0.1, -0.05) is 12.5 Å². The van der Waals surface area contributed by atoms with Crippen LogP contribution >= 0.6 is 22.7 Å². The molecule has 6 nitrogen and oxygen atoms in total. The van der Waals surface area contributed by atoms with Crippen LogP contribution in [-0.2, 0) is 13.0 Å². The summed E-state index contributed by atoms with van der Waals surface area (Å²) in [6.45, 7) is 3.10. The number of nitrogens with zero attached hydrogens (tertiary/aromatic N) is 3. The van der Waals surface area contributed by atoms with Gasteiger partial charge in [0.25, 0.3) is 11.5 Å². The molecule has 29 heavy (non-hydrogen) atoms. The molecule has 0 saturated heterocycles. The van der Waals surface area contributed by atoms with E-state index in [0.29, 0.717) is 21.6 Å². The predicted molar refractivity (Wildman–Crippen MR) is 119 cm³/mol. The largest absolute Gasteiger partial charge is 0.349 e. The van der Waals surface area contributed by atoms with Crippen molar-refractivity contribution in [1.82, 2.24) is 19.8 Å². The van der Waals surface area contributed by atoms with Gasteiger partial charge in [-0.15, -0.1) is 22.7 Å². The molecule has 1 amide bonds. The normalized spacial score (nSPS) is 15.3. The number of nitrogens with one attached hydrogen (secondary N) is 1. The summed E-state index contributed by atoms with van der Waals surface area (Å²) >= 11 is 3.02. The maximum atomic E-state index is 13.1. The van der Waals surface area contributed by atoms with Gasteiger partial charge in [-0.2, -0.15) is 0 Å². The van der Waals surface area contributed by atoms with Gasteiger partial charge in [-0.3, -0.25) is 14.2 Å². The summed E-state index contributed by atoms with van der Waals surface area (Å²) in [5, 5.41) is 5.72. The molecule has 0 fully saturated rings. The average Bonchev–Trinajstić information content (AvgIpc) is 3.24. The maximum Gasteiger partial charge on any atom is 0.262 e. The Kier molecular flexibility index (Phi) is 5.85. The number of likely N-dealkylation sites (N-methyl/N-ethyl adjacent to an activating group) is 1. The fourth-order valence-corrected chi connectivity index (χ4v) is 5.94. The number of aryl methyl sites for hydroxylation is 2. The lowest BCUT2D eigenvalue weighted by molar-refractivity contribution is 0.0946. The van der Waals surface area contributed by atoms with Crippen molar-refractivity contribution in [2.75, 3.05) is 20.6 Å². The number of rotatable bonds is 5. The van der Waals surface area contributed by atoms with Gasteiger partial charge in [0.2, 0.25) is 0 Å². The molecular weight excluding hydrogens is 404 g/mol. The first-order valence-corrected chi connectivity index (χ1v) is 11.7. The second kappa shape index (κ2) is 8.38. The average molecular weight is 431 g/mol. The molecule has 3 aromatic heterocycles. The van der Waals surface area contributed by atoms with E-state index in [1.165, 1.54) is 16.2 Å². The van der Waals surface area contributed by atoms with E-state index in [4.69, 9.17) is 4.98 Å². The molecule has 154 valence electrons. The summed E-state index contributed by atoms with van der Waals surface area (Å²) in [5.41, 5.74) is 0.751. The van der Waals surface area contributed by atoms with E-state index in [1.54, 1.807) is 11.3 Å². The van der Waals surface area contributed by atoms with E-state index in [-0.39, 0.29) is 17.5 Å². The minimum atomic E-state index is -0.131. The van der Waals surface area contributed by atoms with Crippen LogP contribution in [0.25, 0.3) is 10.2 Å². The summed E-state index contributed by atoms with van der Waals surface area (Å²) in [5.74, 6) is 0.729. The van der Waals surface area contributed by atoms with Crippen LogP contribution in [-0.4, -0.2) is 41.0 Å². The highest BCUT2D eigenvalue weighted by atomic mass is 32.1. The lowest BCUT2D eigenvalue weighted by Crippen LogP contribution is -2.34. The highest BCUT2D eigenvalue weighted by Gasteiger charge is 2.23. The number of hydrogen-bond donors (Lipinski definition) is 1. The second-order valence-corrected chi connectivity index (χ2v) is 9.72. The van der Waals surface area contributed by atoms with Crippen LogP contribution in [0.3, 0.4) is 0 Å². The Morgan fingerprint density at radius 1 is 1.34 bits per heavy atom. The van der Waals surface area contributed by atoms with E-state index in [9.17, 15) is 9.59 Å². The van der Waals surface area contributed by atoms with Gasteiger partial charge < -0.3 is 10.2 Å². The van der Waals surface area contributed by atoms with E-state index in [2.05, 4.69) is 16.3 Å². The summed E-state index contributed by atoms with van der Waals surface area (Å²) < 4.78 is 1.82. The first kappa shape index (κ1) is 20.3. The lowest BCUT2D eigenvalue weighted by Gasteiger charge is -2.23. The minimum Gasteiger partial charge on any atom is -0.349 e. The SMILES string of the molecule is Cc1c(C(=O)NCC(c2cccs2)N(C)C)sc2nc3n(c(=O)c12)CCCCC3. The van der Waals surface area contributed by atoms with Crippen LogP contribution in [0.15, 0.2) is 22.3 Å². The van der Waals surface area contributed by atoms with E-state index in [0.717, 1.165) is 43.6 Å². The molecule has 0 radical (unpaired) electrons. The summed E-state index contributed by atoms with van der Waals surface area (Å²) in [4.78, 5) is 35.4. The third-order valence-electron chi connectivity index (χ3n) is 5.57. The summed E-state index contributed by atoms with van der Waals surface area (Å²) in [6, 6.07) is 4.23. The molecule has 4 rings (SSSR count). The molecule has 0 aliphatic carbocycles. The van der Waals surface area contributed by atoms with Crippen LogP contribution in [0, 0.1) is 6.92 Å². The van der Waals surface area contributed by atoms with Crippen LogP contribution in [0.4, 0.5) is 0 Å². The van der Waals surface area contributed by atoms with Crippen LogP contribution < -0.4 is 10.9 Å². The fourth-order valence-electron chi connectivity index (χ4n) is 3.91. The molecule has 3 aromatic rings. The van der Waals surface area contributed by atoms with Gasteiger partial charge in [-0.25, -0.2) is 4.98 Å². The number of carbonyl (C=O) groups is 1. The van der Waals surface area contributed by atoms with Crippen molar-refractivity contribution < 1.29 is 4.79 Å². The first-order valence-electron chi connectivity index (χ1n) is 9.98. The van der Waals surface area contributed by atoms with Crippen LogP contribution in [0.1, 0.15) is 51.2 Å². The molecule has 1 aliphatic rings. The van der Waals surface area contributed by atoms with Crippen molar-refractivity contribution in [2.45, 2.75) is 45.2 Å². The molecule has 1 atom stereocenters. The smallest absolute Gasteiger partial charge is 0.262 e. The Morgan fingerprint density at radius 3 is 2.90 bits per heavy atom. The standard InChI is InChI=1S/C21H26N4O2S2/c1-13-17-20(23-16-9-5-4-6-10-25(16)21(17)27)29-18(13)19(26)22-12-14(24(2)3)15-8-7-11-28-15/h7-8,11,14H,4-6,9-10,12H2,1-3H3,(H,22,26). The summed E-state index contributed by atoms with van der Waals surface area (Å²) in [7, 11) is 4.03. The van der Waals surface area contributed by atoms with Crippen molar-refractivity contribution >= 4 is 38.8 Å². The number of fused-ring (bicyclic) bond motifs is 2. The third kappa shape index (κ3) is 3.89. The predicted octanol–water partition coefficient (Wildman–Crippen LogP) is 3.59. The molecule has 0 spiro atoms. The zero-order chi connectivity index (χ0) is 20.5. The van der Waals surface area contributed by atoms with Gasteiger partial charge in [0.05, 0.1) is 16.3 Å². The van der Waals surface area contributed by atoms with Gasteiger partial charge in [0, 0.05) is 24.4 Å². The van der Waals surface area contributed by atoms with Crippen molar-refractivity contribution in [3.63, 3.8) is 0 Å². The Bertz CT molecular complexity index is 1080. The molecule has 8 heteroatoms. The molecule has 0 bridgehead atoms. The highest BCUT2D eigenvalue weighted by Crippen LogP contribution is 2.29. The Hall–Kier alpha value is -2.03. The topological polar surface area (TPSA) is 67.2 Å². The van der Waals surface area contributed by atoms with Gasteiger partial charge in [0.15, 0.2) is 0 Å². The van der Waals surface area contributed by atoms with Gasteiger partial charge in [0.1, 0.15) is 10.7 Å². The molecule has 1 aliphatic heterocycles. The number of carbonyl (C=O) groups excluding carboxylic acids is 1. The zero-order valence-corrected chi connectivity index (χ0v) is 18.7. The maximum absolute atomic E-state index is 13.1. The van der Waals surface area contributed by atoms with Crippen molar-refractivity contribution in [2.24, 2.45) is 0 Å². The molecule has 0 aromatic carbocycles. The van der Waals surface area contributed by atoms with Crippen LogP contribution in [0.5, 0.6) is 0 Å². The number of hydrogen-bond acceptors (Lipinski definition) is 6. The molecular formula is C21H26N4O2S2. The van der Waals surface area contributed by atoms with Gasteiger partial charge >= 0.3 is 0 Å². The molecule has 0 saturated carbocycles. The number of aromatic nitrogens is 2. The second-order valence-electron chi connectivity index (χ2n) is 7.74. The van der Waals surface area contributed by atoms with E-state index < -0.39 is 0 Å². The molecule has 4 heterocycles. The lowest BCUT2D eigenvalue weighted by atomic mass is 10.2. The third-order valence-corrected chi connectivity index (χ3v) is 7.73. The number of amides is 1.